The van der Waals surface area contributed by atoms with Gasteiger partial charge in [0.05, 0.1) is 0 Å². The fourth-order valence-corrected chi connectivity index (χ4v) is 2.56. The maximum atomic E-state index is 13.7. The number of hydrogen-bond donors (Lipinski definition) is 1. The number of para-hydroxylation sites is 1. The van der Waals surface area contributed by atoms with E-state index >= 15 is 0 Å². The third-order valence-corrected chi connectivity index (χ3v) is 3.88. The molecule has 1 N–H and O–H groups in total. The molecule has 5 heteroatoms. The molecule has 0 unspecified atom stereocenters. The van der Waals surface area contributed by atoms with Crippen molar-refractivity contribution < 1.29 is 13.6 Å². The van der Waals surface area contributed by atoms with E-state index in [0.717, 1.165) is 36.1 Å². The first-order valence-electron chi connectivity index (χ1n) is 7.62. The number of anilines is 1. The van der Waals surface area contributed by atoms with Crippen molar-refractivity contribution in [1.82, 2.24) is 4.90 Å². The Kier molecular flexibility index (Phi) is 4.28. The Balaban J connectivity index is 1.77. The van der Waals surface area contributed by atoms with Gasteiger partial charge in [-0.2, -0.15) is 0 Å². The van der Waals surface area contributed by atoms with E-state index in [1.807, 2.05) is 31.2 Å². The summed E-state index contributed by atoms with van der Waals surface area (Å²) in [5.74, 6) is -1.55. The van der Waals surface area contributed by atoms with Gasteiger partial charge in [-0.15, -0.1) is 0 Å². The number of rotatable bonds is 4. The number of amides is 2. The zero-order valence-corrected chi connectivity index (χ0v) is 12.9. The number of hydrogen-bond acceptors (Lipinski definition) is 1. The molecule has 0 bridgehead atoms. The molecule has 1 saturated carbocycles. The van der Waals surface area contributed by atoms with Crippen molar-refractivity contribution in [3.63, 3.8) is 0 Å². The molecule has 0 aromatic heterocycles. The summed E-state index contributed by atoms with van der Waals surface area (Å²) in [4.78, 5) is 14.1. The number of halogens is 2. The average molecular weight is 316 g/mol. The van der Waals surface area contributed by atoms with Crippen LogP contribution in [0.4, 0.5) is 19.3 Å². The highest BCUT2D eigenvalue weighted by Gasteiger charge is 2.33. The number of aryl methyl sites for hydroxylation is 1. The van der Waals surface area contributed by atoms with Crippen molar-refractivity contribution in [3.05, 3.63) is 65.2 Å². The monoisotopic (exact) mass is 316 g/mol. The third kappa shape index (κ3) is 3.67. The third-order valence-electron chi connectivity index (χ3n) is 3.88. The van der Waals surface area contributed by atoms with Crippen molar-refractivity contribution >= 4 is 11.7 Å². The zero-order chi connectivity index (χ0) is 16.4. The standard InChI is InChI=1S/C18H18F2N2O/c1-12-4-2-5-13(10-12)11-22(14-8-9-14)18(23)21-17-15(19)6-3-7-16(17)20/h2-7,10,14H,8-9,11H2,1H3,(H,21,23). The molecule has 3 rings (SSSR count). The molecule has 2 aromatic rings. The van der Waals surface area contributed by atoms with E-state index in [9.17, 15) is 13.6 Å². The van der Waals surface area contributed by atoms with Gasteiger partial charge in [0.1, 0.15) is 17.3 Å². The molecule has 2 amide bonds. The van der Waals surface area contributed by atoms with Crippen molar-refractivity contribution in [2.75, 3.05) is 5.32 Å². The number of benzene rings is 2. The first-order valence-corrected chi connectivity index (χ1v) is 7.62. The van der Waals surface area contributed by atoms with E-state index in [4.69, 9.17) is 0 Å². The van der Waals surface area contributed by atoms with Gasteiger partial charge >= 0.3 is 6.03 Å². The van der Waals surface area contributed by atoms with Gasteiger partial charge in [0.25, 0.3) is 0 Å². The molecular formula is C18H18F2N2O. The molecule has 23 heavy (non-hydrogen) atoms. The van der Waals surface area contributed by atoms with E-state index in [0.29, 0.717) is 6.54 Å². The maximum Gasteiger partial charge on any atom is 0.322 e. The fourth-order valence-electron chi connectivity index (χ4n) is 2.56. The van der Waals surface area contributed by atoms with Crippen molar-refractivity contribution in [2.45, 2.75) is 32.4 Å². The maximum absolute atomic E-state index is 13.7. The number of nitrogens with zero attached hydrogens (tertiary/aromatic N) is 1. The molecule has 2 aromatic carbocycles. The SMILES string of the molecule is Cc1cccc(CN(C(=O)Nc2c(F)cccc2F)C2CC2)c1. The van der Waals surface area contributed by atoms with E-state index in [2.05, 4.69) is 5.32 Å². The largest absolute Gasteiger partial charge is 0.322 e. The molecule has 0 atom stereocenters. The molecule has 120 valence electrons. The average Bonchev–Trinajstić information content (AvgIpc) is 3.33. The summed E-state index contributed by atoms with van der Waals surface area (Å²) < 4.78 is 27.4. The van der Waals surface area contributed by atoms with Crippen LogP contribution in [0, 0.1) is 18.6 Å². The highest BCUT2D eigenvalue weighted by atomic mass is 19.1. The van der Waals surface area contributed by atoms with Gasteiger partial charge < -0.3 is 10.2 Å². The van der Waals surface area contributed by atoms with Crippen LogP contribution >= 0.6 is 0 Å². The summed E-state index contributed by atoms with van der Waals surface area (Å²) in [7, 11) is 0. The Morgan fingerprint density at radius 2 is 1.83 bits per heavy atom. The van der Waals surface area contributed by atoms with E-state index in [-0.39, 0.29) is 6.04 Å². The van der Waals surface area contributed by atoms with Crippen LogP contribution < -0.4 is 5.32 Å². The normalized spacial score (nSPS) is 13.7. The predicted molar refractivity (Wildman–Crippen MR) is 85.1 cm³/mol. The quantitative estimate of drug-likeness (QED) is 0.887. The molecule has 1 aliphatic carbocycles. The molecule has 0 heterocycles. The predicted octanol–water partition coefficient (Wildman–Crippen LogP) is 4.47. The van der Waals surface area contributed by atoms with Gasteiger partial charge in [0.2, 0.25) is 0 Å². The summed E-state index contributed by atoms with van der Waals surface area (Å²) in [6, 6.07) is 11.0. The second kappa shape index (κ2) is 6.36. The highest BCUT2D eigenvalue weighted by Crippen LogP contribution is 2.29. The Morgan fingerprint density at radius 3 is 2.43 bits per heavy atom. The Morgan fingerprint density at radius 1 is 1.17 bits per heavy atom. The second-order valence-electron chi connectivity index (χ2n) is 5.87. The van der Waals surface area contributed by atoms with E-state index < -0.39 is 23.4 Å². The smallest absolute Gasteiger partial charge is 0.317 e. The Labute approximate surface area is 133 Å². The van der Waals surface area contributed by atoms with Gasteiger partial charge in [-0.1, -0.05) is 35.9 Å². The van der Waals surface area contributed by atoms with Crippen LogP contribution in [-0.4, -0.2) is 17.0 Å². The lowest BCUT2D eigenvalue weighted by Crippen LogP contribution is -2.36. The summed E-state index contributed by atoms with van der Waals surface area (Å²) in [5.41, 5.74) is 1.72. The zero-order valence-electron chi connectivity index (χ0n) is 12.9. The second-order valence-corrected chi connectivity index (χ2v) is 5.87. The molecule has 0 radical (unpaired) electrons. The topological polar surface area (TPSA) is 32.3 Å². The van der Waals surface area contributed by atoms with Gasteiger partial charge in [-0.25, -0.2) is 13.6 Å². The number of carbonyl (C=O) groups is 1. The van der Waals surface area contributed by atoms with Crippen LogP contribution in [0.1, 0.15) is 24.0 Å². The van der Waals surface area contributed by atoms with Crippen LogP contribution in [0.15, 0.2) is 42.5 Å². The lowest BCUT2D eigenvalue weighted by atomic mass is 10.1. The van der Waals surface area contributed by atoms with Gasteiger partial charge in [0.15, 0.2) is 0 Å². The Bertz CT molecular complexity index is 708. The molecule has 1 fully saturated rings. The van der Waals surface area contributed by atoms with Gasteiger partial charge in [-0.05, 0) is 37.5 Å². The lowest BCUT2D eigenvalue weighted by Gasteiger charge is -2.23. The number of carbonyl (C=O) groups excluding carboxylic acids is 1. The fraction of sp³-hybridized carbons (Fsp3) is 0.278. The first kappa shape index (κ1) is 15.5. The molecule has 0 spiro atoms. The van der Waals surface area contributed by atoms with Crippen molar-refractivity contribution in [1.29, 1.82) is 0 Å². The summed E-state index contributed by atoms with van der Waals surface area (Å²) in [6.07, 6.45) is 1.83. The van der Waals surface area contributed by atoms with Crippen LogP contribution in [-0.2, 0) is 6.54 Å². The van der Waals surface area contributed by atoms with Crippen LogP contribution in [0.3, 0.4) is 0 Å². The first-order chi connectivity index (χ1) is 11.0. The van der Waals surface area contributed by atoms with Crippen molar-refractivity contribution in [2.24, 2.45) is 0 Å². The number of urea groups is 1. The molecule has 0 aliphatic heterocycles. The van der Waals surface area contributed by atoms with Crippen LogP contribution in [0.25, 0.3) is 0 Å². The Hall–Kier alpha value is -2.43. The van der Waals surface area contributed by atoms with Gasteiger partial charge in [-0.3, -0.25) is 0 Å². The van der Waals surface area contributed by atoms with Crippen LogP contribution in [0.5, 0.6) is 0 Å². The summed E-state index contributed by atoms with van der Waals surface area (Å²) in [5, 5.41) is 2.37. The van der Waals surface area contributed by atoms with Crippen molar-refractivity contribution in [3.8, 4) is 0 Å². The lowest BCUT2D eigenvalue weighted by molar-refractivity contribution is 0.206. The minimum Gasteiger partial charge on any atom is -0.317 e. The minimum absolute atomic E-state index is 0.130. The summed E-state index contributed by atoms with van der Waals surface area (Å²) in [6.45, 7) is 2.41. The molecule has 0 saturated heterocycles. The minimum atomic E-state index is -0.773. The summed E-state index contributed by atoms with van der Waals surface area (Å²) >= 11 is 0. The highest BCUT2D eigenvalue weighted by molar-refractivity contribution is 5.90. The van der Waals surface area contributed by atoms with Crippen LogP contribution in [0.2, 0.25) is 0 Å². The van der Waals surface area contributed by atoms with E-state index in [1.165, 1.54) is 6.07 Å². The van der Waals surface area contributed by atoms with Gasteiger partial charge in [0, 0.05) is 12.6 Å². The van der Waals surface area contributed by atoms with E-state index in [1.54, 1.807) is 4.90 Å². The molecule has 1 aliphatic rings. The molecular weight excluding hydrogens is 298 g/mol. The molecule has 3 nitrogen and oxygen atoms in total. The number of nitrogens with one attached hydrogen (secondary N) is 1.